The van der Waals surface area contributed by atoms with Crippen LogP contribution < -0.4 is 5.32 Å². The van der Waals surface area contributed by atoms with Crippen LogP contribution in [-0.2, 0) is 0 Å². The lowest BCUT2D eigenvalue weighted by Gasteiger charge is -2.14. The van der Waals surface area contributed by atoms with E-state index >= 15 is 0 Å². The number of aromatic nitrogens is 2. The second-order valence-corrected chi connectivity index (χ2v) is 5.28. The van der Waals surface area contributed by atoms with Gasteiger partial charge in [0.15, 0.2) is 5.69 Å². The molecule has 0 unspecified atom stereocenters. The lowest BCUT2D eigenvalue weighted by Crippen LogP contribution is -2.15. The van der Waals surface area contributed by atoms with Crippen molar-refractivity contribution in [1.29, 1.82) is 0 Å². The fourth-order valence-electron chi connectivity index (χ4n) is 2.84. The third kappa shape index (κ3) is 2.43. The van der Waals surface area contributed by atoms with Gasteiger partial charge in [-0.25, -0.2) is 4.79 Å². The van der Waals surface area contributed by atoms with E-state index < -0.39 is 5.97 Å². The normalized spacial score (nSPS) is 15.6. The fraction of sp³-hybridized carbons (Fsp3) is 0.400. The first kappa shape index (κ1) is 12.8. The zero-order chi connectivity index (χ0) is 13.9. The molecule has 5 heteroatoms. The Balaban J connectivity index is 1.96. The molecule has 5 nitrogen and oxygen atoms in total. The van der Waals surface area contributed by atoms with Crippen molar-refractivity contribution in [2.75, 3.05) is 11.9 Å². The zero-order valence-electron chi connectivity index (χ0n) is 11.2. The molecule has 1 saturated carbocycles. The van der Waals surface area contributed by atoms with E-state index in [9.17, 15) is 9.90 Å². The summed E-state index contributed by atoms with van der Waals surface area (Å²) < 4.78 is 0. The number of hydrogen-bond acceptors (Lipinski definition) is 4. The van der Waals surface area contributed by atoms with Crippen LogP contribution in [0, 0.1) is 5.92 Å². The Hall–Kier alpha value is -2.17. The lowest BCUT2D eigenvalue weighted by atomic mass is 10.1. The van der Waals surface area contributed by atoms with Crippen LogP contribution in [0.5, 0.6) is 0 Å². The number of nitrogens with zero attached hydrogens (tertiary/aromatic N) is 2. The van der Waals surface area contributed by atoms with Gasteiger partial charge in [0, 0.05) is 11.9 Å². The van der Waals surface area contributed by atoms with Gasteiger partial charge in [-0.1, -0.05) is 31.0 Å². The summed E-state index contributed by atoms with van der Waals surface area (Å²) in [5.41, 5.74) is 1.31. The molecule has 3 rings (SSSR count). The maximum atomic E-state index is 11.3. The van der Waals surface area contributed by atoms with Gasteiger partial charge in [-0.15, -0.1) is 10.2 Å². The summed E-state index contributed by atoms with van der Waals surface area (Å²) in [6, 6.07) is 7.48. The molecule has 1 heterocycles. The molecule has 1 aliphatic rings. The Labute approximate surface area is 117 Å². The zero-order valence-corrected chi connectivity index (χ0v) is 11.2. The number of aromatic carboxylic acids is 1. The molecular formula is C15H17N3O2. The van der Waals surface area contributed by atoms with Gasteiger partial charge in [0.1, 0.15) is 0 Å². The maximum absolute atomic E-state index is 11.3. The van der Waals surface area contributed by atoms with Gasteiger partial charge in [0.25, 0.3) is 0 Å². The van der Waals surface area contributed by atoms with E-state index in [1.807, 2.05) is 24.3 Å². The number of carbonyl (C=O) groups is 1. The van der Waals surface area contributed by atoms with Crippen LogP contribution in [0.2, 0.25) is 0 Å². The molecule has 1 aromatic carbocycles. The molecule has 0 atom stereocenters. The lowest BCUT2D eigenvalue weighted by molar-refractivity contribution is 0.0690. The Kier molecular flexibility index (Phi) is 3.50. The first-order valence-corrected chi connectivity index (χ1v) is 6.98. The minimum absolute atomic E-state index is 0.00157. The number of benzene rings is 1. The van der Waals surface area contributed by atoms with E-state index in [4.69, 9.17) is 0 Å². The number of fused-ring (bicyclic) bond motifs is 1. The highest BCUT2D eigenvalue weighted by Crippen LogP contribution is 2.28. The highest BCUT2D eigenvalue weighted by Gasteiger charge is 2.19. The van der Waals surface area contributed by atoms with Crippen molar-refractivity contribution in [3.05, 3.63) is 30.0 Å². The van der Waals surface area contributed by atoms with Crippen LogP contribution in [0.1, 0.15) is 36.2 Å². The summed E-state index contributed by atoms with van der Waals surface area (Å²) in [6.07, 6.45) is 4.97. The number of rotatable bonds is 4. The monoisotopic (exact) mass is 271 g/mol. The van der Waals surface area contributed by atoms with E-state index in [1.165, 1.54) is 25.7 Å². The molecule has 0 bridgehead atoms. The number of hydrogen-bond donors (Lipinski definition) is 2. The Morgan fingerprint density at radius 3 is 2.75 bits per heavy atom. The average molecular weight is 271 g/mol. The predicted octanol–water partition coefficient (Wildman–Crippen LogP) is 2.93. The highest BCUT2D eigenvalue weighted by molar-refractivity contribution is 6.02. The van der Waals surface area contributed by atoms with Crippen LogP contribution in [0.15, 0.2) is 24.3 Å². The fourth-order valence-corrected chi connectivity index (χ4v) is 2.84. The summed E-state index contributed by atoms with van der Waals surface area (Å²) in [4.78, 5) is 11.3. The number of nitrogens with one attached hydrogen (secondary N) is 1. The molecule has 0 aliphatic heterocycles. The number of carboxylic acids is 1. The first-order chi connectivity index (χ1) is 9.75. The molecule has 20 heavy (non-hydrogen) atoms. The second-order valence-electron chi connectivity index (χ2n) is 5.28. The number of carboxylic acid groups (broad SMARTS) is 1. The topological polar surface area (TPSA) is 75.1 Å². The van der Waals surface area contributed by atoms with Gasteiger partial charge in [0.2, 0.25) is 0 Å². The predicted molar refractivity (Wildman–Crippen MR) is 76.9 cm³/mol. The standard InChI is InChI=1S/C15H17N3O2/c19-15(20)14-13(16-9-10-5-1-2-6-10)11-7-3-4-8-12(11)17-18-14/h3-4,7-8,10H,1-2,5-6,9H2,(H,16,17)(H,19,20). The minimum Gasteiger partial charge on any atom is -0.476 e. The van der Waals surface area contributed by atoms with Gasteiger partial charge >= 0.3 is 5.97 Å². The van der Waals surface area contributed by atoms with Crippen LogP contribution in [0.25, 0.3) is 10.9 Å². The Morgan fingerprint density at radius 1 is 1.25 bits per heavy atom. The Bertz CT molecular complexity index is 636. The highest BCUT2D eigenvalue weighted by atomic mass is 16.4. The van der Waals surface area contributed by atoms with E-state index in [-0.39, 0.29) is 5.69 Å². The van der Waals surface area contributed by atoms with Crippen molar-refractivity contribution in [3.8, 4) is 0 Å². The molecule has 1 fully saturated rings. The molecule has 2 N–H and O–H groups in total. The van der Waals surface area contributed by atoms with E-state index in [1.54, 1.807) is 0 Å². The van der Waals surface area contributed by atoms with Crippen molar-refractivity contribution in [3.63, 3.8) is 0 Å². The summed E-state index contributed by atoms with van der Waals surface area (Å²) in [5.74, 6) is -0.416. The third-order valence-corrected chi connectivity index (χ3v) is 3.91. The molecule has 0 spiro atoms. The third-order valence-electron chi connectivity index (χ3n) is 3.91. The van der Waals surface area contributed by atoms with Gasteiger partial charge in [0.05, 0.1) is 11.2 Å². The molecule has 1 aliphatic carbocycles. The van der Waals surface area contributed by atoms with E-state index in [2.05, 4.69) is 15.5 Å². The summed E-state index contributed by atoms with van der Waals surface area (Å²) in [5, 5.41) is 21.2. The van der Waals surface area contributed by atoms with E-state index in [0.717, 1.165) is 11.9 Å². The van der Waals surface area contributed by atoms with Crippen LogP contribution in [0.4, 0.5) is 5.69 Å². The van der Waals surface area contributed by atoms with Gasteiger partial charge in [-0.3, -0.25) is 0 Å². The van der Waals surface area contributed by atoms with Crippen molar-refractivity contribution in [2.45, 2.75) is 25.7 Å². The summed E-state index contributed by atoms with van der Waals surface area (Å²) >= 11 is 0. The molecule has 2 aromatic rings. The quantitative estimate of drug-likeness (QED) is 0.894. The number of anilines is 1. The van der Waals surface area contributed by atoms with Gasteiger partial charge in [-0.05, 0) is 24.8 Å². The molecule has 1 aromatic heterocycles. The van der Waals surface area contributed by atoms with Gasteiger partial charge in [-0.2, -0.15) is 0 Å². The van der Waals surface area contributed by atoms with E-state index in [0.29, 0.717) is 17.1 Å². The summed E-state index contributed by atoms with van der Waals surface area (Å²) in [7, 11) is 0. The maximum Gasteiger partial charge on any atom is 0.358 e. The van der Waals surface area contributed by atoms with Crippen molar-refractivity contribution in [2.24, 2.45) is 5.92 Å². The van der Waals surface area contributed by atoms with Crippen molar-refractivity contribution < 1.29 is 9.90 Å². The molecular weight excluding hydrogens is 254 g/mol. The SMILES string of the molecule is O=C(O)c1nnc2ccccc2c1NCC1CCCC1. The first-order valence-electron chi connectivity index (χ1n) is 6.98. The smallest absolute Gasteiger partial charge is 0.358 e. The Morgan fingerprint density at radius 2 is 2.00 bits per heavy atom. The molecule has 0 saturated heterocycles. The van der Waals surface area contributed by atoms with Crippen LogP contribution in [0.3, 0.4) is 0 Å². The largest absolute Gasteiger partial charge is 0.476 e. The van der Waals surface area contributed by atoms with Gasteiger partial charge < -0.3 is 10.4 Å². The molecule has 0 radical (unpaired) electrons. The minimum atomic E-state index is -1.04. The van der Waals surface area contributed by atoms with Crippen LogP contribution >= 0.6 is 0 Å². The average Bonchev–Trinajstić information content (AvgIpc) is 2.97. The van der Waals surface area contributed by atoms with Crippen LogP contribution in [-0.4, -0.2) is 27.8 Å². The van der Waals surface area contributed by atoms with Crippen molar-refractivity contribution in [1.82, 2.24) is 10.2 Å². The second kappa shape index (κ2) is 5.45. The van der Waals surface area contributed by atoms with Crippen molar-refractivity contribution >= 4 is 22.6 Å². The molecule has 104 valence electrons. The molecule has 0 amide bonds. The summed E-state index contributed by atoms with van der Waals surface area (Å²) in [6.45, 7) is 0.802.